The highest BCUT2D eigenvalue weighted by atomic mass is 16.2. The van der Waals surface area contributed by atoms with Gasteiger partial charge in [0, 0.05) is 6.42 Å². The van der Waals surface area contributed by atoms with Gasteiger partial charge in [-0.05, 0) is 13.3 Å². The predicted molar refractivity (Wildman–Crippen MR) is 46.9 cm³/mol. The van der Waals surface area contributed by atoms with Crippen molar-refractivity contribution in [1.82, 2.24) is 10.6 Å². The molecule has 13 heavy (non-hydrogen) atoms. The van der Waals surface area contributed by atoms with E-state index in [4.69, 9.17) is 0 Å². The monoisotopic (exact) mass is 180 g/mol. The molecule has 3 saturated heterocycles. The van der Waals surface area contributed by atoms with Crippen LogP contribution in [0.4, 0.5) is 0 Å². The number of rotatable bonds is 0. The lowest BCUT2D eigenvalue weighted by molar-refractivity contribution is -0.139. The van der Waals surface area contributed by atoms with Crippen LogP contribution in [0, 0.1) is 0 Å². The summed E-state index contributed by atoms with van der Waals surface area (Å²) in [4.78, 5) is 22.9. The third kappa shape index (κ3) is 1.13. The molecule has 3 aliphatic heterocycles. The molecule has 4 nitrogen and oxygen atoms in total. The van der Waals surface area contributed by atoms with Crippen LogP contribution >= 0.6 is 0 Å². The molecule has 0 spiro atoms. The van der Waals surface area contributed by atoms with Crippen molar-refractivity contribution in [2.75, 3.05) is 0 Å². The van der Waals surface area contributed by atoms with E-state index in [0.717, 1.165) is 5.57 Å². The Morgan fingerprint density at radius 3 is 2.92 bits per heavy atom. The van der Waals surface area contributed by atoms with Gasteiger partial charge in [-0.2, -0.15) is 0 Å². The summed E-state index contributed by atoms with van der Waals surface area (Å²) in [5.41, 5.74) is 0.172. The molecule has 0 unspecified atom stereocenters. The first-order chi connectivity index (χ1) is 6.01. The molecular formula is C9H12N2O2. The maximum absolute atomic E-state index is 11.5. The standard InChI is InChI=1S/C9H12N2O2/c1-5-3-6-7(12)11-9(2,4-5)8(13)10-6/h6H,1,3-4H2,2H3,(H,10,13)(H,11,12)/t6-,9-/m0/s1. The van der Waals surface area contributed by atoms with E-state index in [9.17, 15) is 9.59 Å². The molecule has 0 aliphatic carbocycles. The smallest absolute Gasteiger partial charge is 0.246 e. The zero-order chi connectivity index (χ0) is 9.64. The van der Waals surface area contributed by atoms with Crippen molar-refractivity contribution < 1.29 is 9.59 Å². The summed E-state index contributed by atoms with van der Waals surface area (Å²) in [6.07, 6.45) is 1.11. The van der Waals surface area contributed by atoms with Gasteiger partial charge in [0.25, 0.3) is 0 Å². The molecular weight excluding hydrogens is 168 g/mol. The Kier molecular flexibility index (Phi) is 1.49. The fourth-order valence-electron chi connectivity index (χ4n) is 1.93. The first-order valence-corrected chi connectivity index (χ1v) is 4.31. The summed E-state index contributed by atoms with van der Waals surface area (Å²) in [7, 11) is 0. The largest absolute Gasteiger partial charge is 0.342 e. The van der Waals surface area contributed by atoms with Crippen LogP contribution in [-0.4, -0.2) is 23.4 Å². The summed E-state index contributed by atoms with van der Waals surface area (Å²) in [6.45, 7) is 5.57. The molecule has 2 bridgehead atoms. The van der Waals surface area contributed by atoms with Gasteiger partial charge in [0.05, 0.1) is 0 Å². The van der Waals surface area contributed by atoms with Crippen LogP contribution in [-0.2, 0) is 9.59 Å². The number of piperazine rings is 1. The van der Waals surface area contributed by atoms with Gasteiger partial charge in [0.2, 0.25) is 11.8 Å². The molecule has 4 heteroatoms. The zero-order valence-corrected chi connectivity index (χ0v) is 7.52. The van der Waals surface area contributed by atoms with Crippen LogP contribution in [0.2, 0.25) is 0 Å². The Bertz CT molecular complexity index is 307. The maximum Gasteiger partial charge on any atom is 0.246 e. The number of amides is 2. The van der Waals surface area contributed by atoms with Crippen molar-refractivity contribution in [3.63, 3.8) is 0 Å². The fourth-order valence-corrected chi connectivity index (χ4v) is 1.93. The second-order valence-electron chi connectivity index (χ2n) is 3.98. The third-order valence-electron chi connectivity index (χ3n) is 2.62. The van der Waals surface area contributed by atoms with Gasteiger partial charge in [-0.3, -0.25) is 9.59 Å². The summed E-state index contributed by atoms with van der Waals surface area (Å²) in [5.74, 6) is -0.198. The molecule has 3 aliphatic rings. The summed E-state index contributed by atoms with van der Waals surface area (Å²) >= 11 is 0. The summed E-state index contributed by atoms with van der Waals surface area (Å²) in [5, 5.41) is 5.41. The minimum Gasteiger partial charge on any atom is -0.342 e. The van der Waals surface area contributed by atoms with Gasteiger partial charge < -0.3 is 10.6 Å². The van der Waals surface area contributed by atoms with E-state index in [-0.39, 0.29) is 11.8 Å². The minimum absolute atomic E-state index is 0.0965. The highest BCUT2D eigenvalue weighted by Gasteiger charge is 2.46. The van der Waals surface area contributed by atoms with Gasteiger partial charge in [-0.25, -0.2) is 0 Å². The van der Waals surface area contributed by atoms with Crippen molar-refractivity contribution in [3.8, 4) is 0 Å². The molecule has 3 rings (SSSR count). The molecule has 3 fully saturated rings. The number of hydrogen-bond donors (Lipinski definition) is 2. The molecule has 2 atom stereocenters. The minimum atomic E-state index is -0.777. The average molecular weight is 180 g/mol. The van der Waals surface area contributed by atoms with Crippen LogP contribution in [0.25, 0.3) is 0 Å². The number of carbonyl (C=O) groups excluding carboxylic acids is 2. The van der Waals surface area contributed by atoms with Gasteiger partial charge >= 0.3 is 0 Å². The van der Waals surface area contributed by atoms with E-state index in [1.165, 1.54) is 0 Å². The normalized spacial score (nSPS) is 38.2. The highest BCUT2D eigenvalue weighted by Crippen LogP contribution is 2.27. The molecule has 0 aromatic rings. The van der Waals surface area contributed by atoms with Crippen molar-refractivity contribution in [2.24, 2.45) is 0 Å². The Hall–Kier alpha value is -1.32. The molecule has 3 heterocycles. The topological polar surface area (TPSA) is 58.2 Å². The number of hydrogen-bond acceptors (Lipinski definition) is 2. The summed E-state index contributed by atoms with van der Waals surface area (Å²) < 4.78 is 0. The van der Waals surface area contributed by atoms with Crippen molar-refractivity contribution >= 4 is 11.8 Å². The second-order valence-corrected chi connectivity index (χ2v) is 3.98. The van der Waals surface area contributed by atoms with Crippen LogP contribution < -0.4 is 10.6 Å². The molecule has 0 radical (unpaired) electrons. The van der Waals surface area contributed by atoms with Crippen LogP contribution in [0.5, 0.6) is 0 Å². The lowest BCUT2D eigenvalue weighted by atomic mass is 9.93. The molecule has 0 saturated carbocycles. The Labute approximate surface area is 76.4 Å². The molecule has 2 N–H and O–H groups in total. The molecule has 70 valence electrons. The summed E-state index contributed by atoms with van der Waals surface area (Å²) in [6, 6.07) is -0.407. The molecule has 0 aromatic heterocycles. The second kappa shape index (κ2) is 2.34. The van der Waals surface area contributed by atoms with Gasteiger partial charge in [-0.15, -0.1) is 0 Å². The van der Waals surface area contributed by atoms with Crippen molar-refractivity contribution in [2.45, 2.75) is 31.3 Å². The SMILES string of the molecule is C=C1C[C@@H]2NC(=O)[C@](C)(C1)NC2=O. The number of nitrogens with one attached hydrogen (secondary N) is 2. The van der Waals surface area contributed by atoms with E-state index >= 15 is 0 Å². The Morgan fingerprint density at radius 1 is 1.54 bits per heavy atom. The number of carbonyl (C=O) groups is 2. The first-order valence-electron chi connectivity index (χ1n) is 4.31. The van der Waals surface area contributed by atoms with E-state index < -0.39 is 11.6 Å². The molecule has 2 amide bonds. The average Bonchev–Trinajstić information content (AvgIpc) is 2.14. The van der Waals surface area contributed by atoms with E-state index in [1.807, 2.05) is 0 Å². The maximum atomic E-state index is 11.5. The van der Waals surface area contributed by atoms with Gasteiger partial charge in [0.1, 0.15) is 11.6 Å². The van der Waals surface area contributed by atoms with Gasteiger partial charge in [-0.1, -0.05) is 12.2 Å². The van der Waals surface area contributed by atoms with Crippen molar-refractivity contribution in [1.29, 1.82) is 0 Å². The number of fused-ring (bicyclic) bond motifs is 4. The zero-order valence-electron chi connectivity index (χ0n) is 7.52. The van der Waals surface area contributed by atoms with Gasteiger partial charge in [0.15, 0.2) is 0 Å². The van der Waals surface area contributed by atoms with Crippen LogP contribution in [0.15, 0.2) is 12.2 Å². The Balaban J connectivity index is 2.41. The molecule has 0 aromatic carbocycles. The van der Waals surface area contributed by atoms with Crippen LogP contribution in [0.1, 0.15) is 19.8 Å². The predicted octanol–water partition coefficient (Wildman–Crippen LogP) is -0.290. The van der Waals surface area contributed by atoms with Crippen molar-refractivity contribution in [3.05, 3.63) is 12.2 Å². The van der Waals surface area contributed by atoms with Crippen LogP contribution in [0.3, 0.4) is 0 Å². The Morgan fingerprint density at radius 2 is 2.23 bits per heavy atom. The van der Waals surface area contributed by atoms with E-state index in [0.29, 0.717) is 12.8 Å². The lowest BCUT2D eigenvalue weighted by Gasteiger charge is -2.33. The van der Waals surface area contributed by atoms with E-state index in [1.54, 1.807) is 6.92 Å². The quantitative estimate of drug-likeness (QED) is 0.503. The fraction of sp³-hybridized carbons (Fsp3) is 0.556. The lowest BCUT2D eigenvalue weighted by Crippen LogP contribution is -2.66. The highest BCUT2D eigenvalue weighted by molar-refractivity contribution is 6.00. The third-order valence-corrected chi connectivity index (χ3v) is 2.62. The van der Waals surface area contributed by atoms with E-state index in [2.05, 4.69) is 17.2 Å². The first kappa shape index (κ1) is 8.29.